The first-order valence-corrected chi connectivity index (χ1v) is 7.65. The van der Waals surface area contributed by atoms with Crippen molar-refractivity contribution in [3.8, 4) is 0 Å². The fourth-order valence-electron chi connectivity index (χ4n) is 3.52. The summed E-state index contributed by atoms with van der Waals surface area (Å²) in [6.45, 7) is 2.45. The number of rotatable bonds is 1. The number of anilines is 1. The predicted octanol–water partition coefficient (Wildman–Crippen LogP) is 1.24. The minimum absolute atomic E-state index is 0.330. The van der Waals surface area contributed by atoms with Crippen molar-refractivity contribution in [2.45, 2.75) is 37.4 Å². The molecular formula is C15H20N4O2. The zero-order valence-electron chi connectivity index (χ0n) is 12.0. The predicted molar refractivity (Wildman–Crippen MR) is 78.4 cm³/mol. The molecule has 1 unspecified atom stereocenters. The van der Waals surface area contributed by atoms with E-state index < -0.39 is 0 Å². The van der Waals surface area contributed by atoms with Gasteiger partial charge in [-0.1, -0.05) is 6.07 Å². The normalized spacial score (nSPS) is 25.6. The monoisotopic (exact) mass is 288 g/mol. The first-order chi connectivity index (χ1) is 10.3. The summed E-state index contributed by atoms with van der Waals surface area (Å²) < 4.78 is 7.96. The van der Waals surface area contributed by atoms with E-state index in [0.29, 0.717) is 0 Å². The standard InChI is InChI=1S/C15H20N4O2/c20-12-4-3-11-21-15(12)6-9-18(10-7-15)14-17-16-13-5-1-2-8-19(13)14/h1-2,5,8,12,20H,3-4,6-7,9-11H2. The number of nitrogens with zero attached hydrogens (tertiary/aromatic N) is 4. The first kappa shape index (κ1) is 13.0. The number of fused-ring (bicyclic) bond motifs is 1. The molecule has 0 aromatic carbocycles. The van der Waals surface area contributed by atoms with E-state index in [9.17, 15) is 5.11 Å². The Hall–Kier alpha value is -1.66. The quantitative estimate of drug-likeness (QED) is 0.855. The average molecular weight is 288 g/mol. The minimum Gasteiger partial charge on any atom is -0.390 e. The molecule has 1 spiro atoms. The lowest BCUT2D eigenvalue weighted by molar-refractivity contribution is -0.164. The molecular weight excluding hydrogens is 268 g/mol. The van der Waals surface area contributed by atoms with Crippen LogP contribution < -0.4 is 4.90 Å². The molecule has 4 rings (SSSR count). The molecule has 2 aliphatic heterocycles. The lowest BCUT2D eigenvalue weighted by Crippen LogP contribution is -2.55. The number of ether oxygens (including phenoxy) is 1. The van der Waals surface area contributed by atoms with Crippen LogP contribution >= 0.6 is 0 Å². The molecule has 0 aliphatic carbocycles. The summed E-state index contributed by atoms with van der Waals surface area (Å²) in [6, 6.07) is 5.90. The van der Waals surface area contributed by atoms with Crippen molar-refractivity contribution in [2.75, 3.05) is 24.6 Å². The Balaban J connectivity index is 1.55. The molecule has 1 N–H and O–H groups in total. The smallest absolute Gasteiger partial charge is 0.231 e. The number of aromatic nitrogens is 3. The minimum atomic E-state index is -0.338. The summed E-state index contributed by atoms with van der Waals surface area (Å²) in [4.78, 5) is 2.23. The maximum atomic E-state index is 10.3. The van der Waals surface area contributed by atoms with Crippen LogP contribution in [0.5, 0.6) is 0 Å². The van der Waals surface area contributed by atoms with Crippen molar-refractivity contribution in [2.24, 2.45) is 0 Å². The van der Waals surface area contributed by atoms with Crippen LogP contribution in [0.25, 0.3) is 5.65 Å². The fourth-order valence-corrected chi connectivity index (χ4v) is 3.52. The summed E-state index contributed by atoms with van der Waals surface area (Å²) in [7, 11) is 0. The van der Waals surface area contributed by atoms with Crippen molar-refractivity contribution in [1.82, 2.24) is 14.6 Å². The van der Waals surface area contributed by atoms with Gasteiger partial charge in [0, 0.05) is 25.9 Å². The number of pyridine rings is 1. The zero-order valence-corrected chi connectivity index (χ0v) is 12.0. The van der Waals surface area contributed by atoms with E-state index in [1.165, 1.54) is 0 Å². The highest BCUT2D eigenvalue weighted by Crippen LogP contribution is 2.36. The molecule has 0 bridgehead atoms. The third-order valence-corrected chi connectivity index (χ3v) is 4.81. The van der Waals surface area contributed by atoms with E-state index in [1.54, 1.807) is 0 Å². The van der Waals surface area contributed by atoms with Crippen LogP contribution in [0.15, 0.2) is 24.4 Å². The largest absolute Gasteiger partial charge is 0.390 e. The van der Waals surface area contributed by atoms with E-state index in [4.69, 9.17) is 4.74 Å². The van der Waals surface area contributed by atoms with Gasteiger partial charge in [-0.3, -0.25) is 4.40 Å². The topological polar surface area (TPSA) is 62.9 Å². The Morgan fingerprint density at radius 1 is 1.24 bits per heavy atom. The number of hydrogen-bond donors (Lipinski definition) is 1. The number of hydrogen-bond acceptors (Lipinski definition) is 5. The van der Waals surface area contributed by atoms with E-state index in [2.05, 4.69) is 15.1 Å². The van der Waals surface area contributed by atoms with Gasteiger partial charge in [-0.25, -0.2) is 0 Å². The van der Waals surface area contributed by atoms with E-state index in [-0.39, 0.29) is 11.7 Å². The molecule has 0 saturated carbocycles. The van der Waals surface area contributed by atoms with Gasteiger partial charge in [0.25, 0.3) is 0 Å². The van der Waals surface area contributed by atoms with Gasteiger partial charge in [-0.05, 0) is 37.8 Å². The van der Waals surface area contributed by atoms with Crippen molar-refractivity contribution in [3.63, 3.8) is 0 Å². The summed E-state index contributed by atoms with van der Waals surface area (Å²) in [5.74, 6) is 0.880. The molecule has 2 fully saturated rings. The van der Waals surface area contributed by atoms with Gasteiger partial charge >= 0.3 is 0 Å². The second kappa shape index (κ2) is 4.96. The van der Waals surface area contributed by atoms with Gasteiger partial charge in [-0.2, -0.15) is 0 Å². The fraction of sp³-hybridized carbons (Fsp3) is 0.600. The Morgan fingerprint density at radius 3 is 2.90 bits per heavy atom. The average Bonchev–Trinajstić information content (AvgIpc) is 2.95. The third kappa shape index (κ3) is 2.10. The van der Waals surface area contributed by atoms with Crippen LogP contribution in [0.4, 0.5) is 5.95 Å². The van der Waals surface area contributed by atoms with Crippen LogP contribution in [0.3, 0.4) is 0 Å². The van der Waals surface area contributed by atoms with Crippen molar-refractivity contribution in [3.05, 3.63) is 24.4 Å². The van der Waals surface area contributed by atoms with Crippen molar-refractivity contribution < 1.29 is 9.84 Å². The number of aliphatic hydroxyl groups is 1. The van der Waals surface area contributed by atoms with Gasteiger partial charge in [-0.15, -0.1) is 10.2 Å². The highest BCUT2D eigenvalue weighted by molar-refractivity contribution is 5.46. The van der Waals surface area contributed by atoms with Crippen LogP contribution in [0.1, 0.15) is 25.7 Å². The van der Waals surface area contributed by atoms with E-state index in [1.807, 2.05) is 28.8 Å². The molecule has 6 nitrogen and oxygen atoms in total. The van der Waals surface area contributed by atoms with Gasteiger partial charge < -0.3 is 14.7 Å². The molecule has 4 heterocycles. The molecule has 2 aliphatic rings. The van der Waals surface area contributed by atoms with Gasteiger partial charge in [0.2, 0.25) is 5.95 Å². The second-order valence-electron chi connectivity index (χ2n) is 5.99. The van der Waals surface area contributed by atoms with Gasteiger partial charge in [0.15, 0.2) is 5.65 Å². The molecule has 0 radical (unpaired) electrons. The SMILES string of the molecule is OC1CCCOC12CCN(c1nnc3ccccn13)CC2. The molecule has 1 atom stereocenters. The third-order valence-electron chi connectivity index (χ3n) is 4.81. The van der Waals surface area contributed by atoms with E-state index in [0.717, 1.165) is 57.0 Å². The van der Waals surface area contributed by atoms with Gasteiger partial charge in [0.1, 0.15) is 0 Å². The summed E-state index contributed by atoms with van der Waals surface area (Å²) in [6.07, 6.45) is 5.16. The maximum absolute atomic E-state index is 10.3. The van der Waals surface area contributed by atoms with Crippen LogP contribution in [0.2, 0.25) is 0 Å². The highest BCUT2D eigenvalue weighted by Gasteiger charge is 2.44. The number of piperidine rings is 1. The van der Waals surface area contributed by atoms with Gasteiger partial charge in [0.05, 0.1) is 11.7 Å². The Kier molecular flexibility index (Phi) is 3.08. The molecule has 2 aromatic rings. The lowest BCUT2D eigenvalue weighted by atomic mass is 9.82. The second-order valence-corrected chi connectivity index (χ2v) is 5.99. The van der Waals surface area contributed by atoms with Crippen molar-refractivity contribution >= 4 is 11.6 Å². The Morgan fingerprint density at radius 2 is 2.10 bits per heavy atom. The zero-order chi connectivity index (χ0) is 14.3. The first-order valence-electron chi connectivity index (χ1n) is 7.65. The van der Waals surface area contributed by atoms with Crippen molar-refractivity contribution in [1.29, 1.82) is 0 Å². The van der Waals surface area contributed by atoms with Crippen LogP contribution in [0, 0.1) is 0 Å². The van der Waals surface area contributed by atoms with E-state index >= 15 is 0 Å². The molecule has 2 aromatic heterocycles. The lowest BCUT2D eigenvalue weighted by Gasteiger charge is -2.46. The molecule has 2 saturated heterocycles. The molecule has 6 heteroatoms. The Labute approximate surface area is 123 Å². The van der Waals surface area contributed by atoms with Crippen LogP contribution in [-0.4, -0.2) is 51.1 Å². The molecule has 112 valence electrons. The summed E-state index contributed by atoms with van der Waals surface area (Å²) in [5, 5.41) is 18.8. The van der Waals surface area contributed by atoms with Crippen LogP contribution in [-0.2, 0) is 4.74 Å². The molecule has 21 heavy (non-hydrogen) atoms. The summed E-state index contributed by atoms with van der Waals surface area (Å²) >= 11 is 0. The highest BCUT2D eigenvalue weighted by atomic mass is 16.5. The summed E-state index contributed by atoms with van der Waals surface area (Å²) in [5.41, 5.74) is 0.525. The number of aliphatic hydroxyl groups excluding tert-OH is 1. The Bertz CT molecular complexity index is 633. The maximum Gasteiger partial charge on any atom is 0.231 e. The molecule has 0 amide bonds.